The smallest absolute Gasteiger partial charge is 0.339 e. The summed E-state index contributed by atoms with van der Waals surface area (Å²) in [6, 6.07) is 0. The Labute approximate surface area is 111 Å². The highest BCUT2D eigenvalue weighted by atomic mass is 16.4. The predicted molar refractivity (Wildman–Crippen MR) is 71.3 cm³/mol. The highest BCUT2D eigenvalue weighted by molar-refractivity contribution is 5.81. The van der Waals surface area contributed by atoms with E-state index in [0.717, 1.165) is 13.0 Å². The van der Waals surface area contributed by atoms with Crippen molar-refractivity contribution in [2.45, 2.75) is 33.3 Å². The molecule has 19 heavy (non-hydrogen) atoms. The standard InChI is InChI=1S/C14H18O5/c1-7-8(2)12(16)10(9(3)11(7)15)5-6-14(4,19)13(17)18/h5-6,15-16,19H,1-4H3,(H,17,18)/b6-5+. The van der Waals surface area contributed by atoms with Gasteiger partial charge in [-0.1, -0.05) is 6.08 Å². The van der Waals surface area contributed by atoms with Crippen molar-refractivity contribution in [2.24, 2.45) is 0 Å². The summed E-state index contributed by atoms with van der Waals surface area (Å²) in [6.45, 7) is 6.06. The molecule has 5 heteroatoms. The number of carbonyl (C=O) groups is 1. The number of benzene rings is 1. The first-order valence-electron chi connectivity index (χ1n) is 5.76. The van der Waals surface area contributed by atoms with Gasteiger partial charge in [-0.15, -0.1) is 0 Å². The van der Waals surface area contributed by atoms with Gasteiger partial charge in [-0.25, -0.2) is 4.79 Å². The van der Waals surface area contributed by atoms with Crippen LogP contribution in [0.3, 0.4) is 0 Å². The highest BCUT2D eigenvalue weighted by Crippen LogP contribution is 2.37. The van der Waals surface area contributed by atoms with E-state index < -0.39 is 11.6 Å². The van der Waals surface area contributed by atoms with E-state index in [1.54, 1.807) is 20.8 Å². The van der Waals surface area contributed by atoms with Crippen LogP contribution in [0.15, 0.2) is 6.08 Å². The van der Waals surface area contributed by atoms with E-state index in [2.05, 4.69) is 0 Å². The molecule has 0 saturated carbocycles. The Hall–Kier alpha value is -2.01. The molecule has 0 fully saturated rings. The number of aliphatic hydroxyl groups is 1. The Morgan fingerprint density at radius 2 is 1.53 bits per heavy atom. The average Bonchev–Trinajstić information content (AvgIpc) is 2.33. The van der Waals surface area contributed by atoms with E-state index in [9.17, 15) is 20.1 Å². The van der Waals surface area contributed by atoms with E-state index >= 15 is 0 Å². The number of carboxylic acids is 1. The summed E-state index contributed by atoms with van der Waals surface area (Å²) >= 11 is 0. The first-order chi connectivity index (χ1) is 8.59. The molecule has 1 rings (SSSR count). The molecule has 1 atom stereocenters. The van der Waals surface area contributed by atoms with E-state index in [0.29, 0.717) is 22.3 Å². The fraction of sp³-hybridized carbons (Fsp3) is 0.357. The lowest BCUT2D eigenvalue weighted by molar-refractivity contribution is -0.151. The predicted octanol–water partition coefficient (Wildman–Crippen LogP) is 1.87. The van der Waals surface area contributed by atoms with Crippen LogP contribution in [0.1, 0.15) is 29.2 Å². The molecule has 0 aliphatic carbocycles. The van der Waals surface area contributed by atoms with Gasteiger partial charge >= 0.3 is 5.97 Å². The molecular weight excluding hydrogens is 248 g/mol. The van der Waals surface area contributed by atoms with Crippen LogP contribution in [-0.4, -0.2) is 32.0 Å². The third kappa shape index (κ3) is 2.71. The molecule has 0 amide bonds. The summed E-state index contributed by atoms with van der Waals surface area (Å²) in [7, 11) is 0. The minimum absolute atomic E-state index is 0.0368. The number of phenols is 2. The van der Waals surface area contributed by atoms with Crippen molar-refractivity contribution in [3.8, 4) is 11.5 Å². The highest BCUT2D eigenvalue weighted by Gasteiger charge is 2.26. The van der Waals surface area contributed by atoms with Gasteiger partial charge in [0, 0.05) is 11.1 Å². The first-order valence-corrected chi connectivity index (χ1v) is 5.76. The number of aliphatic carboxylic acids is 1. The number of rotatable bonds is 3. The van der Waals surface area contributed by atoms with Crippen LogP contribution < -0.4 is 0 Å². The molecule has 4 N–H and O–H groups in total. The molecule has 104 valence electrons. The summed E-state index contributed by atoms with van der Waals surface area (Å²) in [5.41, 5.74) is -0.233. The van der Waals surface area contributed by atoms with E-state index in [-0.39, 0.29) is 11.5 Å². The van der Waals surface area contributed by atoms with Crippen molar-refractivity contribution < 1.29 is 25.2 Å². The molecule has 0 bridgehead atoms. The van der Waals surface area contributed by atoms with Crippen molar-refractivity contribution >= 4 is 12.0 Å². The van der Waals surface area contributed by atoms with Crippen molar-refractivity contribution in [1.29, 1.82) is 0 Å². The summed E-state index contributed by atoms with van der Waals surface area (Å²) in [5.74, 6) is -1.39. The number of hydrogen-bond acceptors (Lipinski definition) is 4. The van der Waals surface area contributed by atoms with Gasteiger partial charge in [0.15, 0.2) is 5.60 Å². The van der Waals surface area contributed by atoms with Crippen molar-refractivity contribution in [3.05, 3.63) is 28.3 Å². The zero-order valence-corrected chi connectivity index (χ0v) is 11.4. The van der Waals surface area contributed by atoms with Crippen LogP contribution in [0.4, 0.5) is 0 Å². The van der Waals surface area contributed by atoms with Crippen LogP contribution >= 0.6 is 0 Å². The lowest BCUT2D eigenvalue weighted by Crippen LogP contribution is -2.32. The molecule has 0 spiro atoms. The van der Waals surface area contributed by atoms with Gasteiger partial charge in [0.1, 0.15) is 11.5 Å². The van der Waals surface area contributed by atoms with Crippen LogP contribution in [0, 0.1) is 20.8 Å². The summed E-state index contributed by atoms with van der Waals surface area (Å²) in [6.07, 6.45) is 2.36. The van der Waals surface area contributed by atoms with E-state index in [4.69, 9.17) is 5.11 Å². The van der Waals surface area contributed by atoms with E-state index in [1.807, 2.05) is 0 Å². The molecule has 0 aromatic heterocycles. The van der Waals surface area contributed by atoms with E-state index in [1.165, 1.54) is 6.08 Å². The molecule has 0 aliphatic rings. The fourth-order valence-corrected chi connectivity index (χ4v) is 1.66. The van der Waals surface area contributed by atoms with Gasteiger partial charge in [0.25, 0.3) is 0 Å². The van der Waals surface area contributed by atoms with Gasteiger partial charge in [-0.05, 0) is 44.9 Å². The molecule has 1 unspecified atom stereocenters. The number of phenolic OH excluding ortho intramolecular Hbond substituents is 2. The van der Waals surface area contributed by atoms with Crippen LogP contribution in [0.5, 0.6) is 11.5 Å². The van der Waals surface area contributed by atoms with Crippen molar-refractivity contribution in [3.63, 3.8) is 0 Å². The Morgan fingerprint density at radius 1 is 1.05 bits per heavy atom. The minimum atomic E-state index is -2.03. The monoisotopic (exact) mass is 266 g/mol. The fourth-order valence-electron chi connectivity index (χ4n) is 1.66. The third-order valence-corrected chi connectivity index (χ3v) is 3.29. The minimum Gasteiger partial charge on any atom is -0.507 e. The normalized spacial score (nSPS) is 14.6. The molecule has 1 aromatic rings. The summed E-state index contributed by atoms with van der Waals surface area (Å²) in [5, 5.41) is 38.3. The third-order valence-electron chi connectivity index (χ3n) is 3.29. The molecule has 5 nitrogen and oxygen atoms in total. The second-order valence-electron chi connectivity index (χ2n) is 4.77. The van der Waals surface area contributed by atoms with Gasteiger partial charge < -0.3 is 20.4 Å². The van der Waals surface area contributed by atoms with Crippen LogP contribution in [-0.2, 0) is 4.79 Å². The number of aromatic hydroxyl groups is 2. The molecule has 0 radical (unpaired) electrons. The Bertz CT molecular complexity index is 526. The molecule has 0 heterocycles. The quantitative estimate of drug-likeness (QED) is 0.626. The zero-order valence-electron chi connectivity index (χ0n) is 11.4. The Kier molecular flexibility index (Phi) is 3.91. The SMILES string of the molecule is Cc1c(C)c(O)c(/C=C/C(C)(O)C(=O)O)c(C)c1O. The number of carboxylic acid groups (broad SMARTS) is 1. The van der Waals surface area contributed by atoms with Crippen molar-refractivity contribution in [2.75, 3.05) is 0 Å². The second kappa shape index (κ2) is 4.93. The summed E-state index contributed by atoms with van der Waals surface area (Å²) < 4.78 is 0. The average molecular weight is 266 g/mol. The largest absolute Gasteiger partial charge is 0.507 e. The van der Waals surface area contributed by atoms with Gasteiger partial charge in [0.05, 0.1) is 0 Å². The maximum absolute atomic E-state index is 10.8. The molecular formula is C14H18O5. The van der Waals surface area contributed by atoms with Crippen molar-refractivity contribution in [1.82, 2.24) is 0 Å². The molecule has 0 aliphatic heterocycles. The maximum atomic E-state index is 10.8. The summed E-state index contributed by atoms with van der Waals surface area (Å²) in [4.78, 5) is 10.8. The zero-order chi connectivity index (χ0) is 15.0. The molecule has 0 saturated heterocycles. The van der Waals surface area contributed by atoms with Crippen LogP contribution in [0.25, 0.3) is 6.08 Å². The van der Waals surface area contributed by atoms with Crippen LogP contribution in [0.2, 0.25) is 0 Å². The Morgan fingerprint density at radius 3 is 2.00 bits per heavy atom. The lowest BCUT2D eigenvalue weighted by atomic mass is 9.95. The Balaban J connectivity index is 3.38. The lowest BCUT2D eigenvalue weighted by Gasteiger charge is -2.15. The number of hydrogen-bond donors (Lipinski definition) is 4. The van der Waals surface area contributed by atoms with Gasteiger partial charge in [-0.2, -0.15) is 0 Å². The maximum Gasteiger partial charge on any atom is 0.339 e. The topological polar surface area (TPSA) is 98.0 Å². The second-order valence-corrected chi connectivity index (χ2v) is 4.77. The van der Waals surface area contributed by atoms with Gasteiger partial charge in [0.2, 0.25) is 0 Å². The van der Waals surface area contributed by atoms with Gasteiger partial charge in [-0.3, -0.25) is 0 Å². The molecule has 1 aromatic carbocycles. The first kappa shape index (κ1) is 15.0.